The number of nitrogens with zero attached hydrogens (tertiary/aromatic N) is 1. The molecule has 1 heterocycles. The summed E-state index contributed by atoms with van der Waals surface area (Å²) < 4.78 is 0. The minimum Gasteiger partial charge on any atom is -0.480 e. The molecule has 7 nitrogen and oxygen atoms in total. The normalized spacial score (nSPS) is 28.1. The highest BCUT2D eigenvalue weighted by molar-refractivity contribution is 5.80. The van der Waals surface area contributed by atoms with E-state index in [0.29, 0.717) is 25.6 Å². The Labute approximate surface area is 124 Å². The summed E-state index contributed by atoms with van der Waals surface area (Å²) in [5, 5.41) is 14.7. The largest absolute Gasteiger partial charge is 0.480 e. The minimum atomic E-state index is -0.824. The lowest BCUT2D eigenvalue weighted by atomic mass is 9.94. The summed E-state index contributed by atoms with van der Waals surface area (Å²) in [4.78, 5) is 35.8. The number of hydrogen-bond acceptors (Lipinski definition) is 4. The summed E-state index contributed by atoms with van der Waals surface area (Å²) in [6.07, 6.45) is 3.10. The molecule has 2 amide bonds. The predicted octanol–water partition coefficient (Wildman–Crippen LogP) is -0.576. The molecule has 0 bridgehead atoms. The van der Waals surface area contributed by atoms with E-state index in [4.69, 9.17) is 0 Å². The van der Waals surface area contributed by atoms with Crippen LogP contribution in [0.2, 0.25) is 0 Å². The quantitative estimate of drug-likeness (QED) is 0.570. The lowest BCUT2D eigenvalue weighted by Gasteiger charge is -2.23. The molecule has 1 aliphatic carbocycles. The van der Waals surface area contributed by atoms with Crippen LogP contribution in [0.1, 0.15) is 26.2 Å². The molecule has 118 valence electrons. The van der Waals surface area contributed by atoms with E-state index in [-0.39, 0.29) is 24.3 Å². The molecule has 1 saturated heterocycles. The SMILES string of the molecule is CC(=O)NCCNC(=O)CN1CC2CCCC2C1C(=O)O. The van der Waals surface area contributed by atoms with Crippen LogP contribution < -0.4 is 10.6 Å². The Morgan fingerprint density at radius 1 is 1.19 bits per heavy atom. The fraction of sp³-hybridized carbons (Fsp3) is 0.786. The molecule has 1 aliphatic heterocycles. The Bertz CT molecular complexity index is 426. The van der Waals surface area contributed by atoms with Gasteiger partial charge in [-0.05, 0) is 24.7 Å². The molecule has 2 fully saturated rings. The third-order valence-electron chi connectivity index (χ3n) is 4.41. The second kappa shape index (κ2) is 6.89. The molecule has 3 N–H and O–H groups in total. The smallest absolute Gasteiger partial charge is 0.321 e. The molecule has 1 saturated carbocycles. The summed E-state index contributed by atoms with van der Waals surface area (Å²) in [5.41, 5.74) is 0. The Morgan fingerprint density at radius 3 is 2.57 bits per heavy atom. The van der Waals surface area contributed by atoms with E-state index < -0.39 is 12.0 Å². The van der Waals surface area contributed by atoms with E-state index in [9.17, 15) is 19.5 Å². The number of nitrogens with one attached hydrogen (secondary N) is 2. The first-order chi connectivity index (χ1) is 9.99. The summed E-state index contributed by atoms with van der Waals surface area (Å²) >= 11 is 0. The summed E-state index contributed by atoms with van der Waals surface area (Å²) in [6, 6.07) is -0.529. The molecule has 2 aliphatic rings. The number of likely N-dealkylation sites (tertiary alicyclic amines) is 1. The number of carboxylic acids is 1. The number of carbonyl (C=O) groups excluding carboxylic acids is 2. The standard InChI is InChI=1S/C14H23N3O4/c1-9(18)15-5-6-16-12(19)8-17-7-10-3-2-4-11(10)13(17)14(20)21/h10-11,13H,2-8H2,1H3,(H,15,18)(H,16,19)(H,20,21). The third kappa shape index (κ3) is 3.93. The van der Waals surface area contributed by atoms with Gasteiger partial charge in [0, 0.05) is 26.6 Å². The third-order valence-corrected chi connectivity index (χ3v) is 4.41. The first-order valence-electron chi connectivity index (χ1n) is 7.47. The number of amides is 2. The van der Waals surface area contributed by atoms with Crippen LogP contribution in [0.5, 0.6) is 0 Å². The lowest BCUT2D eigenvalue weighted by Crippen LogP contribution is -2.46. The van der Waals surface area contributed by atoms with Crippen molar-refractivity contribution >= 4 is 17.8 Å². The maximum Gasteiger partial charge on any atom is 0.321 e. The summed E-state index contributed by atoms with van der Waals surface area (Å²) in [7, 11) is 0. The molecule has 0 spiro atoms. The average molecular weight is 297 g/mol. The number of hydrogen-bond donors (Lipinski definition) is 3. The predicted molar refractivity (Wildman–Crippen MR) is 75.5 cm³/mol. The van der Waals surface area contributed by atoms with Gasteiger partial charge in [0.05, 0.1) is 6.54 Å². The van der Waals surface area contributed by atoms with E-state index in [1.165, 1.54) is 6.92 Å². The molecular weight excluding hydrogens is 274 g/mol. The second-order valence-electron chi connectivity index (χ2n) is 5.90. The van der Waals surface area contributed by atoms with Crippen LogP contribution in [0.3, 0.4) is 0 Å². The van der Waals surface area contributed by atoms with Crippen LogP contribution in [0, 0.1) is 11.8 Å². The van der Waals surface area contributed by atoms with Gasteiger partial charge in [0.2, 0.25) is 11.8 Å². The van der Waals surface area contributed by atoms with Crippen LogP contribution in [0.4, 0.5) is 0 Å². The van der Waals surface area contributed by atoms with Gasteiger partial charge in [0.1, 0.15) is 6.04 Å². The molecular formula is C14H23N3O4. The van der Waals surface area contributed by atoms with Crippen molar-refractivity contribution in [3.05, 3.63) is 0 Å². The Hall–Kier alpha value is -1.63. The topological polar surface area (TPSA) is 98.7 Å². The van der Waals surface area contributed by atoms with Gasteiger partial charge >= 0.3 is 5.97 Å². The van der Waals surface area contributed by atoms with Crippen molar-refractivity contribution in [2.75, 3.05) is 26.2 Å². The van der Waals surface area contributed by atoms with Crippen LogP contribution in [0.25, 0.3) is 0 Å². The average Bonchev–Trinajstić information content (AvgIpc) is 2.93. The van der Waals surface area contributed by atoms with E-state index in [1.54, 1.807) is 4.90 Å². The Kier molecular flexibility index (Phi) is 5.17. The van der Waals surface area contributed by atoms with Crippen molar-refractivity contribution in [2.24, 2.45) is 11.8 Å². The van der Waals surface area contributed by atoms with Gasteiger partial charge < -0.3 is 15.7 Å². The minimum absolute atomic E-state index is 0.115. The van der Waals surface area contributed by atoms with E-state index >= 15 is 0 Å². The monoisotopic (exact) mass is 297 g/mol. The van der Waals surface area contributed by atoms with E-state index in [2.05, 4.69) is 10.6 Å². The highest BCUT2D eigenvalue weighted by Gasteiger charge is 2.47. The fourth-order valence-electron chi connectivity index (χ4n) is 3.58. The molecule has 3 atom stereocenters. The molecule has 2 rings (SSSR count). The Morgan fingerprint density at radius 2 is 1.90 bits per heavy atom. The van der Waals surface area contributed by atoms with Gasteiger partial charge in [0.25, 0.3) is 0 Å². The van der Waals surface area contributed by atoms with Crippen molar-refractivity contribution in [2.45, 2.75) is 32.2 Å². The van der Waals surface area contributed by atoms with Crippen LogP contribution in [-0.4, -0.2) is 60.0 Å². The van der Waals surface area contributed by atoms with Gasteiger partial charge in [-0.25, -0.2) is 0 Å². The molecule has 21 heavy (non-hydrogen) atoms. The van der Waals surface area contributed by atoms with E-state index in [0.717, 1.165) is 19.3 Å². The number of rotatable bonds is 6. The molecule has 0 aromatic carbocycles. The van der Waals surface area contributed by atoms with Crippen molar-refractivity contribution in [3.63, 3.8) is 0 Å². The molecule has 0 radical (unpaired) electrons. The van der Waals surface area contributed by atoms with Crippen molar-refractivity contribution < 1.29 is 19.5 Å². The van der Waals surface area contributed by atoms with Crippen LogP contribution >= 0.6 is 0 Å². The lowest BCUT2D eigenvalue weighted by molar-refractivity contribution is -0.144. The maximum absolute atomic E-state index is 11.9. The second-order valence-corrected chi connectivity index (χ2v) is 5.90. The zero-order chi connectivity index (χ0) is 15.4. The first kappa shape index (κ1) is 15.8. The van der Waals surface area contributed by atoms with Gasteiger partial charge in [-0.2, -0.15) is 0 Å². The number of aliphatic carboxylic acids is 1. The molecule has 3 unspecified atom stereocenters. The van der Waals surface area contributed by atoms with Crippen LogP contribution in [-0.2, 0) is 14.4 Å². The zero-order valence-electron chi connectivity index (χ0n) is 12.3. The number of carbonyl (C=O) groups is 3. The molecule has 0 aromatic heterocycles. The molecule has 0 aromatic rings. The fourth-order valence-corrected chi connectivity index (χ4v) is 3.58. The maximum atomic E-state index is 11.9. The summed E-state index contributed by atoms with van der Waals surface area (Å²) in [5.74, 6) is -0.544. The van der Waals surface area contributed by atoms with Crippen molar-refractivity contribution in [1.82, 2.24) is 15.5 Å². The highest BCUT2D eigenvalue weighted by Crippen LogP contribution is 2.41. The summed E-state index contributed by atoms with van der Waals surface area (Å²) in [6.45, 7) is 2.97. The van der Waals surface area contributed by atoms with Gasteiger partial charge in [-0.1, -0.05) is 6.42 Å². The van der Waals surface area contributed by atoms with E-state index in [1.807, 2.05) is 0 Å². The zero-order valence-corrected chi connectivity index (χ0v) is 12.3. The van der Waals surface area contributed by atoms with Gasteiger partial charge in [0.15, 0.2) is 0 Å². The highest BCUT2D eigenvalue weighted by atomic mass is 16.4. The van der Waals surface area contributed by atoms with Crippen molar-refractivity contribution in [1.29, 1.82) is 0 Å². The van der Waals surface area contributed by atoms with Crippen LogP contribution in [0.15, 0.2) is 0 Å². The number of carboxylic acid groups (broad SMARTS) is 1. The van der Waals surface area contributed by atoms with Crippen molar-refractivity contribution in [3.8, 4) is 0 Å². The Balaban J connectivity index is 1.80. The molecule has 7 heteroatoms. The first-order valence-corrected chi connectivity index (χ1v) is 7.47. The van der Waals surface area contributed by atoms with Gasteiger partial charge in [-0.3, -0.25) is 19.3 Å². The van der Waals surface area contributed by atoms with Gasteiger partial charge in [-0.15, -0.1) is 0 Å². The number of fused-ring (bicyclic) bond motifs is 1.